The number of carbonyl (C=O) groups is 1. The number of aryl methyl sites for hydroxylation is 1. The van der Waals surface area contributed by atoms with Gasteiger partial charge in [0.2, 0.25) is 0 Å². The summed E-state index contributed by atoms with van der Waals surface area (Å²) in [6.45, 7) is 3.24. The Hall–Kier alpha value is -3.68. The second-order valence-electron chi connectivity index (χ2n) is 7.85. The fourth-order valence-corrected chi connectivity index (χ4v) is 3.90. The zero-order chi connectivity index (χ0) is 21.4. The van der Waals surface area contributed by atoms with E-state index < -0.39 is 0 Å². The number of rotatable bonds is 4. The molecule has 3 aromatic heterocycles. The monoisotopic (exact) mass is 418 g/mol. The Bertz CT molecular complexity index is 1290. The SMILES string of the molecule is Cc1ccc2nc(COC(=O)C3CCN(c4nc5ccccc5o4)CC3)cc(=O)n2c1. The summed E-state index contributed by atoms with van der Waals surface area (Å²) >= 11 is 0. The van der Waals surface area contributed by atoms with E-state index in [0.717, 1.165) is 16.7 Å². The first-order valence-corrected chi connectivity index (χ1v) is 10.3. The molecule has 1 saturated heterocycles. The summed E-state index contributed by atoms with van der Waals surface area (Å²) in [5.41, 5.74) is 3.36. The van der Waals surface area contributed by atoms with Gasteiger partial charge in [0.15, 0.2) is 5.58 Å². The molecule has 1 aromatic carbocycles. The number of fused-ring (bicyclic) bond motifs is 2. The van der Waals surface area contributed by atoms with E-state index in [-0.39, 0.29) is 24.1 Å². The van der Waals surface area contributed by atoms with Crippen molar-refractivity contribution in [3.63, 3.8) is 0 Å². The van der Waals surface area contributed by atoms with Crippen LogP contribution in [0.25, 0.3) is 16.7 Å². The van der Waals surface area contributed by atoms with Gasteiger partial charge >= 0.3 is 5.97 Å². The summed E-state index contributed by atoms with van der Waals surface area (Å²) in [7, 11) is 0. The minimum absolute atomic E-state index is 0.0101. The standard InChI is InChI=1S/C23H22N4O4/c1-15-6-7-20-24-17(12-21(28)27(20)13-15)14-30-22(29)16-8-10-26(11-9-16)23-25-18-4-2-3-5-19(18)31-23/h2-7,12-13,16H,8-11,14H2,1H3. The van der Waals surface area contributed by atoms with Crippen molar-refractivity contribution in [1.29, 1.82) is 0 Å². The van der Waals surface area contributed by atoms with Crippen LogP contribution in [0.1, 0.15) is 24.1 Å². The lowest BCUT2D eigenvalue weighted by Crippen LogP contribution is -2.37. The van der Waals surface area contributed by atoms with Gasteiger partial charge in [0.1, 0.15) is 17.8 Å². The van der Waals surface area contributed by atoms with Crippen molar-refractivity contribution in [3.05, 3.63) is 70.3 Å². The third-order valence-electron chi connectivity index (χ3n) is 5.60. The molecule has 0 bridgehead atoms. The third-order valence-corrected chi connectivity index (χ3v) is 5.60. The number of nitrogens with zero attached hydrogens (tertiary/aromatic N) is 4. The van der Waals surface area contributed by atoms with Crippen LogP contribution in [0.15, 0.2) is 57.9 Å². The lowest BCUT2D eigenvalue weighted by Gasteiger charge is -2.29. The molecule has 4 aromatic rings. The highest BCUT2D eigenvalue weighted by atomic mass is 16.5. The van der Waals surface area contributed by atoms with E-state index in [2.05, 4.69) is 14.9 Å². The first kappa shape index (κ1) is 19.3. The van der Waals surface area contributed by atoms with Gasteiger partial charge in [-0.2, -0.15) is 4.98 Å². The molecule has 4 heterocycles. The van der Waals surface area contributed by atoms with Crippen molar-refractivity contribution in [1.82, 2.24) is 14.4 Å². The second-order valence-corrected chi connectivity index (χ2v) is 7.85. The summed E-state index contributed by atoms with van der Waals surface area (Å²) < 4.78 is 12.8. The van der Waals surface area contributed by atoms with Gasteiger partial charge in [-0.25, -0.2) is 4.98 Å². The Morgan fingerprint density at radius 1 is 1.16 bits per heavy atom. The maximum absolute atomic E-state index is 12.6. The molecule has 0 N–H and O–H groups in total. The Kier molecular flexibility index (Phi) is 4.89. The number of carbonyl (C=O) groups excluding carboxylic acids is 1. The van der Waals surface area contributed by atoms with Crippen LogP contribution in [-0.4, -0.2) is 33.4 Å². The van der Waals surface area contributed by atoms with Crippen LogP contribution in [0.4, 0.5) is 6.01 Å². The Labute approximate surface area is 178 Å². The van der Waals surface area contributed by atoms with E-state index in [1.807, 2.05) is 37.3 Å². The van der Waals surface area contributed by atoms with Gasteiger partial charge in [-0.3, -0.25) is 14.0 Å². The molecule has 0 aliphatic carbocycles. The number of anilines is 1. The number of hydrogen-bond acceptors (Lipinski definition) is 7. The molecule has 1 aliphatic heterocycles. The number of para-hydroxylation sites is 2. The average Bonchev–Trinajstić information content (AvgIpc) is 3.22. The molecule has 0 radical (unpaired) electrons. The molecule has 1 aliphatic rings. The summed E-state index contributed by atoms with van der Waals surface area (Å²) in [6.07, 6.45) is 3.06. The molecular weight excluding hydrogens is 396 g/mol. The molecule has 1 fully saturated rings. The van der Waals surface area contributed by atoms with E-state index in [9.17, 15) is 9.59 Å². The topological polar surface area (TPSA) is 89.9 Å². The Balaban J connectivity index is 1.20. The van der Waals surface area contributed by atoms with Crippen molar-refractivity contribution in [3.8, 4) is 0 Å². The second kappa shape index (κ2) is 7.86. The first-order valence-electron chi connectivity index (χ1n) is 10.3. The van der Waals surface area contributed by atoms with Crippen molar-refractivity contribution in [2.75, 3.05) is 18.0 Å². The Morgan fingerprint density at radius 3 is 2.77 bits per heavy atom. The van der Waals surface area contributed by atoms with E-state index in [1.54, 1.807) is 12.3 Å². The lowest BCUT2D eigenvalue weighted by molar-refractivity contribution is -0.150. The predicted octanol–water partition coefficient (Wildman–Crippen LogP) is 3.10. The van der Waals surface area contributed by atoms with Gasteiger partial charge < -0.3 is 14.1 Å². The quantitative estimate of drug-likeness (QED) is 0.471. The highest BCUT2D eigenvalue weighted by Crippen LogP contribution is 2.27. The minimum atomic E-state index is -0.261. The van der Waals surface area contributed by atoms with Gasteiger partial charge in [0.25, 0.3) is 11.6 Å². The van der Waals surface area contributed by atoms with Crippen molar-refractivity contribution in [2.24, 2.45) is 5.92 Å². The maximum Gasteiger partial charge on any atom is 0.309 e. The van der Waals surface area contributed by atoms with E-state index >= 15 is 0 Å². The highest BCUT2D eigenvalue weighted by Gasteiger charge is 2.28. The molecular formula is C23H22N4O4. The Morgan fingerprint density at radius 2 is 1.97 bits per heavy atom. The lowest BCUT2D eigenvalue weighted by atomic mass is 9.97. The zero-order valence-electron chi connectivity index (χ0n) is 17.2. The number of benzene rings is 1. The summed E-state index contributed by atoms with van der Waals surface area (Å²) in [5.74, 6) is -0.451. The van der Waals surface area contributed by atoms with Crippen LogP contribution in [-0.2, 0) is 16.1 Å². The number of piperidine rings is 1. The third kappa shape index (κ3) is 3.88. The maximum atomic E-state index is 12.6. The summed E-state index contributed by atoms with van der Waals surface area (Å²) in [6, 6.07) is 13.3. The van der Waals surface area contributed by atoms with Crippen LogP contribution >= 0.6 is 0 Å². The molecule has 8 nitrogen and oxygen atoms in total. The number of pyridine rings is 1. The fraction of sp³-hybridized carbons (Fsp3) is 0.304. The largest absolute Gasteiger partial charge is 0.459 e. The van der Waals surface area contributed by atoms with E-state index in [0.29, 0.717) is 43.3 Å². The van der Waals surface area contributed by atoms with Gasteiger partial charge in [-0.05, 0) is 43.5 Å². The molecule has 0 amide bonds. The van der Waals surface area contributed by atoms with Crippen LogP contribution in [0.5, 0.6) is 0 Å². The number of oxazole rings is 1. The number of ether oxygens (including phenoxy) is 1. The summed E-state index contributed by atoms with van der Waals surface area (Å²) in [5, 5.41) is 0. The summed E-state index contributed by atoms with van der Waals surface area (Å²) in [4.78, 5) is 35.9. The van der Waals surface area contributed by atoms with Gasteiger partial charge in [-0.15, -0.1) is 0 Å². The average molecular weight is 418 g/mol. The molecule has 0 saturated carbocycles. The normalized spacial score (nSPS) is 14.9. The predicted molar refractivity (Wildman–Crippen MR) is 115 cm³/mol. The number of aromatic nitrogens is 3. The number of esters is 1. The molecule has 0 atom stereocenters. The molecule has 0 spiro atoms. The molecule has 8 heteroatoms. The van der Waals surface area contributed by atoms with Gasteiger partial charge in [0.05, 0.1) is 11.6 Å². The number of hydrogen-bond donors (Lipinski definition) is 0. The van der Waals surface area contributed by atoms with Crippen LogP contribution in [0, 0.1) is 12.8 Å². The van der Waals surface area contributed by atoms with Gasteiger partial charge in [-0.1, -0.05) is 18.2 Å². The van der Waals surface area contributed by atoms with Gasteiger partial charge in [0, 0.05) is 25.4 Å². The van der Waals surface area contributed by atoms with Crippen molar-refractivity contribution >= 4 is 28.7 Å². The van der Waals surface area contributed by atoms with Crippen molar-refractivity contribution in [2.45, 2.75) is 26.4 Å². The first-order chi connectivity index (χ1) is 15.1. The molecule has 31 heavy (non-hydrogen) atoms. The van der Waals surface area contributed by atoms with E-state index in [4.69, 9.17) is 9.15 Å². The van der Waals surface area contributed by atoms with Crippen LogP contribution in [0.2, 0.25) is 0 Å². The van der Waals surface area contributed by atoms with Crippen molar-refractivity contribution < 1.29 is 13.9 Å². The molecule has 5 rings (SSSR count). The minimum Gasteiger partial charge on any atom is -0.459 e. The zero-order valence-corrected chi connectivity index (χ0v) is 17.2. The fourth-order valence-electron chi connectivity index (χ4n) is 3.90. The molecule has 158 valence electrons. The van der Waals surface area contributed by atoms with Crippen LogP contribution in [0.3, 0.4) is 0 Å². The smallest absolute Gasteiger partial charge is 0.309 e. The highest BCUT2D eigenvalue weighted by molar-refractivity contribution is 5.75. The van der Waals surface area contributed by atoms with E-state index in [1.165, 1.54) is 10.5 Å². The molecule has 0 unspecified atom stereocenters. The van der Waals surface area contributed by atoms with Crippen LogP contribution < -0.4 is 10.5 Å².